The largest absolute Gasteiger partial charge is 0.399 e. The van der Waals surface area contributed by atoms with Crippen molar-refractivity contribution < 1.29 is 0 Å². The molecule has 1 fully saturated rings. The Morgan fingerprint density at radius 1 is 1.11 bits per heavy atom. The number of hydrogen-bond acceptors (Lipinski definition) is 3. The van der Waals surface area contributed by atoms with Gasteiger partial charge in [-0.05, 0) is 37.1 Å². The summed E-state index contributed by atoms with van der Waals surface area (Å²) in [5.41, 5.74) is 9.49. The van der Waals surface area contributed by atoms with Crippen molar-refractivity contribution in [1.29, 1.82) is 0 Å². The topological polar surface area (TPSA) is 32.5 Å². The number of rotatable bonds is 4. The number of benzene rings is 1. The molecule has 0 unspecified atom stereocenters. The van der Waals surface area contributed by atoms with Crippen molar-refractivity contribution >= 4 is 5.69 Å². The van der Waals surface area contributed by atoms with Crippen LogP contribution in [0.25, 0.3) is 0 Å². The summed E-state index contributed by atoms with van der Waals surface area (Å²) in [5, 5.41) is 0. The van der Waals surface area contributed by atoms with Crippen LogP contribution >= 0.6 is 0 Å². The number of nitrogen functional groups attached to an aromatic ring is 1. The zero-order chi connectivity index (χ0) is 13.0. The zero-order valence-electron chi connectivity index (χ0n) is 11.7. The standard InChI is InChI=1S/C15H25N3/c1-3-7-17-8-10-18(11-9-17)12-14-5-4-6-15(16)13(14)2/h4-6H,3,7-12,16H2,1-2H3. The average molecular weight is 247 g/mol. The smallest absolute Gasteiger partial charge is 0.0346 e. The molecule has 0 atom stereocenters. The lowest BCUT2D eigenvalue weighted by Gasteiger charge is -2.34. The fraction of sp³-hybridized carbons (Fsp3) is 0.600. The van der Waals surface area contributed by atoms with E-state index in [0.717, 1.165) is 12.2 Å². The van der Waals surface area contributed by atoms with Crippen molar-refractivity contribution in [3.8, 4) is 0 Å². The summed E-state index contributed by atoms with van der Waals surface area (Å²) in [6.45, 7) is 11.4. The van der Waals surface area contributed by atoms with E-state index in [4.69, 9.17) is 5.73 Å². The maximum absolute atomic E-state index is 5.96. The van der Waals surface area contributed by atoms with E-state index in [0.29, 0.717) is 0 Å². The third-order valence-electron chi connectivity index (χ3n) is 3.89. The molecule has 0 aliphatic carbocycles. The molecule has 0 aromatic heterocycles. The molecule has 0 amide bonds. The highest BCUT2D eigenvalue weighted by Gasteiger charge is 2.16. The van der Waals surface area contributed by atoms with Gasteiger partial charge in [-0.15, -0.1) is 0 Å². The lowest BCUT2D eigenvalue weighted by molar-refractivity contribution is 0.127. The molecule has 2 rings (SSSR count). The number of piperazine rings is 1. The van der Waals surface area contributed by atoms with Gasteiger partial charge in [-0.3, -0.25) is 4.90 Å². The average Bonchev–Trinajstić information content (AvgIpc) is 2.38. The molecule has 0 saturated carbocycles. The van der Waals surface area contributed by atoms with Crippen molar-refractivity contribution in [2.75, 3.05) is 38.5 Å². The number of anilines is 1. The predicted molar refractivity (Wildman–Crippen MR) is 77.6 cm³/mol. The van der Waals surface area contributed by atoms with E-state index in [-0.39, 0.29) is 0 Å². The third kappa shape index (κ3) is 3.24. The molecule has 3 nitrogen and oxygen atoms in total. The number of nitrogens with zero attached hydrogens (tertiary/aromatic N) is 2. The molecule has 3 heteroatoms. The zero-order valence-corrected chi connectivity index (χ0v) is 11.7. The van der Waals surface area contributed by atoms with Gasteiger partial charge in [-0.2, -0.15) is 0 Å². The van der Waals surface area contributed by atoms with Gasteiger partial charge in [0.05, 0.1) is 0 Å². The van der Waals surface area contributed by atoms with Gasteiger partial charge in [0, 0.05) is 38.4 Å². The van der Waals surface area contributed by atoms with Crippen molar-refractivity contribution in [2.45, 2.75) is 26.8 Å². The molecule has 1 aromatic rings. The van der Waals surface area contributed by atoms with Crippen molar-refractivity contribution in [1.82, 2.24) is 9.80 Å². The Morgan fingerprint density at radius 2 is 1.78 bits per heavy atom. The quantitative estimate of drug-likeness (QED) is 0.827. The highest BCUT2D eigenvalue weighted by atomic mass is 15.3. The van der Waals surface area contributed by atoms with Crippen LogP contribution < -0.4 is 5.73 Å². The molecule has 100 valence electrons. The molecular formula is C15H25N3. The van der Waals surface area contributed by atoms with Crippen LogP contribution in [0.2, 0.25) is 0 Å². The summed E-state index contributed by atoms with van der Waals surface area (Å²) < 4.78 is 0. The lowest BCUT2D eigenvalue weighted by Crippen LogP contribution is -2.46. The van der Waals surface area contributed by atoms with Crippen LogP contribution in [-0.2, 0) is 6.54 Å². The second kappa shape index (κ2) is 6.21. The van der Waals surface area contributed by atoms with Gasteiger partial charge in [0.25, 0.3) is 0 Å². The fourth-order valence-electron chi connectivity index (χ4n) is 2.60. The highest BCUT2D eigenvalue weighted by Crippen LogP contribution is 2.18. The van der Waals surface area contributed by atoms with E-state index in [1.807, 2.05) is 6.07 Å². The van der Waals surface area contributed by atoms with Gasteiger partial charge in [-0.1, -0.05) is 19.1 Å². The third-order valence-corrected chi connectivity index (χ3v) is 3.89. The monoisotopic (exact) mass is 247 g/mol. The Labute approximate surface area is 111 Å². The summed E-state index contributed by atoms with van der Waals surface area (Å²) in [7, 11) is 0. The van der Waals surface area contributed by atoms with Gasteiger partial charge in [0.2, 0.25) is 0 Å². The molecule has 0 spiro atoms. The highest BCUT2D eigenvalue weighted by molar-refractivity contribution is 5.49. The van der Waals surface area contributed by atoms with E-state index >= 15 is 0 Å². The minimum Gasteiger partial charge on any atom is -0.399 e. The van der Waals surface area contributed by atoms with E-state index in [1.54, 1.807) is 0 Å². The minimum absolute atomic E-state index is 0.914. The normalized spacial score (nSPS) is 18.1. The fourth-order valence-corrected chi connectivity index (χ4v) is 2.60. The second-order valence-electron chi connectivity index (χ2n) is 5.25. The van der Waals surface area contributed by atoms with Crippen LogP contribution in [0.15, 0.2) is 18.2 Å². The molecule has 18 heavy (non-hydrogen) atoms. The first kappa shape index (κ1) is 13.4. The summed E-state index contributed by atoms with van der Waals surface area (Å²) in [6.07, 6.45) is 1.26. The summed E-state index contributed by atoms with van der Waals surface area (Å²) in [4.78, 5) is 5.09. The first-order valence-electron chi connectivity index (χ1n) is 6.99. The Morgan fingerprint density at radius 3 is 2.44 bits per heavy atom. The van der Waals surface area contributed by atoms with Crippen molar-refractivity contribution in [3.63, 3.8) is 0 Å². The van der Waals surface area contributed by atoms with E-state index < -0.39 is 0 Å². The van der Waals surface area contributed by atoms with Gasteiger partial charge >= 0.3 is 0 Å². The SMILES string of the molecule is CCCN1CCN(Cc2cccc(N)c2C)CC1. The van der Waals surface area contributed by atoms with Gasteiger partial charge in [0.15, 0.2) is 0 Å². The molecule has 1 heterocycles. The van der Waals surface area contributed by atoms with Crippen LogP contribution in [0.3, 0.4) is 0 Å². The lowest BCUT2D eigenvalue weighted by atomic mass is 10.1. The maximum Gasteiger partial charge on any atom is 0.0346 e. The summed E-state index contributed by atoms with van der Waals surface area (Å²) >= 11 is 0. The molecule has 1 aliphatic rings. The van der Waals surface area contributed by atoms with Crippen molar-refractivity contribution in [2.24, 2.45) is 0 Å². The molecule has 2 N–H and O–H groups in total. The number of nitrogens with two attached hydrogens (primary N) is 1. The van der Waals surface area contributed by atoms with Crippen LogP contribution in [0.5, 0.6) is 0 Å². The second-order valence-corrected chi connectivity index (χ2v) is 5.25. The van der Waals surface area contributed by atoms with Gasteiger partial charge in [-0.25, -0.2) is 0 Å². The molecule has 1 aliphatic heterocycles. The van der Waals surface area contributed by atoms with Gasteiger partial charge in [0.1, 0.15) is 0 Å². The molecule has 0 bridgehead atoms. The Balaban J connectivity index is 1.90. The molecular weight excluding hydrogens is 222 g/mol. The van der Waals surface area contributed by atoms with E-state index in [1.165, 1.54) is 50.3 Å². The number of hydrogen-bond donors (Lipinski definition) is 1. The van der Waals surface area contributed by atoms with E-state index in [9.17, 15) is 0 Å². The van der Waals surface area contributed by atoms with Crippen LogP contribution in [0.4, 0.5) is 5.69 Å². The molecule has 1 saturated heterocycles. The first-order chi connectivity index (χ1) is 8.70. The van der Waals surface area contributed by atoms with Gasteiger partial charge < -0.3 is 10.6 Å². The summed E-state index contributed by atoms with van der Waals surface area (Å²) in [6, 6.07) is 6.24. The summed E-state index contributed by atoms with van der Waals surface area (Å²) in [5.74, 6) is 0. The molecule has 1 aromatic carbocycles. The minimum atomic E-state index is 0.914. The first-order valence-corrected chi connectivity index (χ1v) is 6.99. The van der Waals surface area contributed by atoms with Crippen LogP contribution in [0.1, 0.15) is 24.5 Å². The van der Waals surface area contributed by atoms with E-state index in [2.05, 4.69) is 35.8 Å². The maximum atomic E-state index is 5.96. The van der Waals surface area contributed by atoms with Crippen LogP contribution in [-0.4, -0.2) is 42.5 Å². The Bertz CT molecular complexity index is 381. The predicted octanol–water partition coefficient (Wildman–Crippen LogP) is 2.10. The van der Waals surface area contributed by atoms with Crippen molar-refractivity contribution in [3.05, 3.63) is 29.3 Å². The Hall–Kier alpha value is -1.06. The molecule has 0 radical (unpaired) electrons. The van der Waals surface area contributed by atoms with Crippen LogP contribution in [0, 0.1) is 6.92 Å². The Kier molecular flexibility index (Phi) is 4.61.